The molecule has 0 N–H and O–H groups in total. The third-order valence-electron chi connectivity index (χ3n) is 3.95. The number of aromatic nitrogens is 2. The molecule has 0 bridgehead atoms. The van der Waals surface area contributed by atoms with Gasteiger partial charge in [0.05, 0.1) is 0 Å². The molecule has 0 spiro atoms. The highest BCUT2D eigenvalue weighted by Crippen LogP contribution is 2.25. The van der Waals surface area contributed by atoms with Gasteiger partial charge >= 0.3 is 0 Å². The van der Waals surface area contributed by atoms with E-state index in [1.807, 2.05) is 6.20 Å². The maximum Gasteiger partial charge on any atom is 0.225 e. The Balaban J connectivity index is 1.80. The SMILES string of the molecule is CCC1CCN(c2ncc3c(n2)CCC3)C1. The first-order chi connectivity index (χ1) is 7.86. The summed E-state index contributed by atoms with van der Waals surface area (Å²) in [5.41, 5.74) is 2.67. The predicted molar refractivity (Wildman–Crippen MR) is 64.7 cm³/mol. The summed E-state index contributed by atoms with van der Waals surface area (Å²) in [4.78, 5) is 11.6. The number of rotatable bonds is 2. The van der Waals surface area contributed by atoms with Gasteiger partial charge in [0.2, 0.25) is 5.95 Å². The fourth-order valence-corrected chi connectivity index (χ4v) is 2.80. The Morgan fingerprint density at radius 3 is 3.19 bits per heavy atom. The minimum Gasteiger partial charge on any atom is -0.341 e. The van der Waals surface area contributed by atoms with Crippen LogP contribution in [-0.4, -0.2) is 23.1 Å². The number of fused-ring (bicyclic) bond motifs is 1. The fourth-order valence-electron chi connectivity index (χ4n) is 2.80. The minimum atomic E-state index is 0.844. The van der Waals surface area contributed by atoms with E-state index in [2.05, 4.69) is 16.8 Å². The summed E-state index contributed by atoms with van der Waals surface area (Å²) < 4.78 is 0. The first kappa shape index (κ1) is 10.1. The van der Waals surface area contributed by atoms with Crippen molar-refractivity contribution in [3.05, 3.63) is 17.5 Å². The first-order valence-corrected chi connectivity index (χ1v) is 6.46. The van der Waals surface area contributed by atoms with Crippen LogP contribution in [0.15, 0.2) is 6.20 Å². The van der Waals surface area contributed by atoms with E-state index >= 15 is 0 Å². The third kappa shape index (κ3) is 1.68. The van der Waals surface area contributed by atoms with Crippen molar-refractivity contribution in [2.45, 2.75) is 39.0 Å². The van der Waals surface area contributed by atoms with Crippen molar-refractivity contribution >= 4 is 5.95 Å². The molecule has 2 heterocycles. The highest BCUT2D eigenvalue weighted by molar-refractivity contribution is 5.36. The van der Waals surface area contributed by atoms with Crippen molar-refractivity contribution in [3.8, 4) is 0 Å². The average Bonchev–Trinajstić information content (AvgIpc) is 2.96. The molecule has 1 saturated heterocycles. The van der Waals surface area contributed by atoms with Crippen molar-refractivity contribution in [2.75, 3.05) is 18.0 Å². The molecule has 1 aliphatic heterocycles. The quantitative estimate of drug-likeness (QED) is 0.760. The largest absolute Gasteiger partial charge is 0.341 e. The second kappa shape index (κ2) is 4.04. The maximum atomic E-state index is 4.72. The van der Waals surface area contributed by atoms with Crippen molar-refractivity contribution in [1.29, 1.82) is 0 Å². The maximum absolute atomic E-state index is 4.72. The minimum absolute atomic E-state index is 0.844. The van der Waals surface area contributed by atoms with E-state index in [0.717, 1.165) is 31.4 Å². The molecule has 0 amide bonds. The van der Waals surface area contributed by atoms with E-state index in [1.165, 1.54) is 36.9 Å². The molecule has 86 valence electrons. The Kier molecular flexibility index (Phi) is 2.54. The van der Waals surface area contributed by atoms with Gasteiger partial charge in [-0.05, 0) is 37.2 Å². The zero-order chi connectivity index (χ0) is 11.0. The third-order valence-corrected chi connectivity index (χ3v) is 3.95. The monoisotopic (exact) mass is 217 g/mol. The molecule has 0 radical (unpaired) electrons. The lowest BCUT2D eigenvalue weighted by molar-refractivity contribution is 0.568. The lowest BCUT2D eigenvalue weighted by Crippen LogP contribution is -2.22. The topological polar surface area (TPSA) is 29.0 Å². The van der Waals surface area contributed by atoms with E-state index < -0.39 is 0 Å². The summed E-state index contributed by atoms with van der Waals surface area (Å²) >= 11 is 0. The zero-order valence-electron chi connectivity index (χ0n) is 9.95. The molecule has 1 fully saturated rings. The van der Waals surface area contributed by atoms with Crippen molar-refractivity contribution in [3.63, 3.8) is 0 Å². The molecule has 0 aromatic carbocycles. The highest BCUT2D eigenvalue weighted by atomic mass is 15.3. The molecular weight excluding hydrogens is 198 g/mol. The summed E-state index contributed by atoms with van der Waals surface area (Å²) in [5, 5.41) is 0. The molecule has 1 atom stereocenters. The van der Waals surface area contributed by atoms with Crippen molar-refractivity contribution < 1.29 is 0 Å². The van der Waals surface area contributed by atoms with E-state index in [9.17, 15) is 0 Å². The van der Waals surface area contributed by atoms with Gasteiger partial charge in [-0.25, -0.2) is 9.97 Å². The number of anilines is 1. The van der Waals surface area contributed by atoms with Crippen LogP contribution in [0.5, 0.6) is 0 Å². The van der Waals surface area contributed by atoms with Gasteiger partial charge in [-0.15, -0.1) is 0 Å². The highest BCUT2D eigenvalue weighted by Gasteiger charge is 2.24. The zero-order valence-corrected chi connectivity index (χ0v) is 9.95. The van der Waals surface area contributed by atoms with E-state index in [4.69, 9.17) is 4.98 Å². The van der Waals surface area contributed by atoms with E-state index in [-0.39, 0.29) is 0 Å². The molecule has 1 aromatic heterocycles. The predicted octanol–water partition coefficient (Wildman–Crippen LogP) is 2.20. The summed E-state index contributed by atoms with van der Waals surface area (Å²) in [6.07, 6.45) is 8.20. The van der Waals surface area contributed by atoms with Gasteiger partial charge in [0, 0.05) is 25.0 Å². The van der Waals surface area contributed by atoms with Crippen LogP contribution >= 0.6 is 0 Å². The smallest absolute Gasteiger partial charge is 0.225 e. The number of aryl methyl sites for hydroxylation is 2. The van der Waals surface area contributed by atoms with Crippen molar-refractivity contribution in [1.82, 2.24) is 9.97 Å². The standard InChI is InChI=1S/C13H19N3/c1-2-10-6-7-16(9-10)13-14-8-11-4-3-5-12(11)15-13/h8,10H,2-7,9H2,1H3. The number of hydrogen-bond acceptors (Lipinski definition) is 3. The van der Waals surface area contributed by atoms with Crippen LogP contribution in [0.2, 0.25) is 0 Å². The van der Waals surface area contributed by atoms with Crippen LogP contribution in [0.3, 0.4) is 0 Å². The summed E-state index contributed by atoms with van der Waals surface area (Å²) in [5.74, 6) is 1.81. The van der Waals surface area contributed by atoms with Crippen molar-refractivity contribution in [2.24, 2.45) is 5.92 Å². The molecule has 3 heteroatoms. The van der Waals surface area contributed by atoms with Gasteiger partial charge in [-0.1, -0.05) is 13.3 Å². The van der Waals surface area contributed by atoms with Crippen LogP contribution in [0, 0.1) is 5.92 Å². The van der Waals surface area contributed by atoms with Gasteiger partial charge in [0.1, 0.15) is 0 Å². The normalized spacial score (nSPS) is 23.8. The Morgan fingerprint density at radius 2 is 2.38 bits per heavy atom. The van der Waals surface area contributed by atoms with Gasteiger partial charge in [0.25, 0.3) is 0 Å². The molecule has 1 unspecified atom stereocenters. The van der Waals surface area contributed by atoms with Crippen LogP contribution in [-0.2, 0) is 12.8 Å². The Morgan fingerprint density at radius 1 is 1.44 bits per heavy atom. The lowest BCUT2D eigenvalue weighted by atomic mass is 10.1. The van der Waals surface area contributed by atoms with Crippen LogP contribution in [0.4, 0.5) is 5.95 Å². The summed E-state index contributed by atoms with van der Waals surface area (Å²) in [6, 6.07) is 0. The van der Waals surface area contributed by atoms with Crippen LogP contribution < -0.4 is 4.90 Å². The van der Waals surface area contributed by atoms with Crippen LogP contribution in [0.25, 0.3) is 0 Å². The fraction of sp³-hybridized carbons (Fsp3) is 0.692. The Bertz CT molecular complexity index is 389. The number of hydrogen-bond donors (Lipinski definition) is 0. The Hall–Kier alpha value is -1.12. The van der Waals surface area contributed by atoms with Crippen LogP contribution in [0.1, 0.15) is 37.4 Å². The molecule has 16 heavy (non-hydrogen) atoms. The van der Waals surface area contributed by atoms with Gasteiger partial charge < -0.3 is 4.90 Å². The molecule has 2 aliphatic rings. The molecule has 3 rings (SSSR count). The average molecular weight is 217 g/mol. The Labute approximate surface area is 96.9 Å². The molecular formula is C13H19N3. The van der Waals surface area contributed by atoms with E-state index in [0.29, 0.717) is 0 Å². The lowest BCUT2D eigenvalue weighted by Gasteiger charge is -2.16. The summed E-state index contributed by atoms with van der Waals surface area (Å²) in [6.45, 7) is 4.56. The molecule has 3 nitrogen and oxygen atoms in total. The first-order valence-electron chi connectivity index (χ1n) is 6.46. The molecule has 0 saturated carbocycles. The second-order valence-electron chi connectivity index (χ2n) is 5.00. The van der Waals surface area contributed by atoms with Gasteiger partial charge in [-0.3, -0.25) is 0 Å². The summed E-state index contributed by atoms with van der Waals surface area (Å²) in [7, 11) is 0. The van der Waals surface area contributed by atoms with Gasteiger partial charge in [-0.2, -0.15) is 0 Å². The number of nitrogens with zero attached hydrogens (tertiary/aromatic N) is 3. The second-order valence-corrected chi connectivity index (χ2v) is 5.00. The molecule has 1 aliphatic carbocycles. The molecule has 1 aromatic rings. The van der Waals surface area contributed by atoms with E-state index in [1.54, 1.807) is 0 Å². The van der Waals surface area contributed by atoms with Gasteiger partial charge in [0.15, 0.2) is 0 Å².